The first-order valence-electron chi connectivity index (χ1n) is 5.57. The molecular weight excluding hydrogens is 246 g/mol. The van der Waals surface area contributed by atoms with Crippen LogP contribution in [0, 0.1) is 11.3 Å². The van der Waals surface area contributed by atoms with Gasteiger partial charge in [0.1, 0.15) is 0 Å². The summed E-state index contributed by atoms with van der Waals surface area (Å²) in [6.07, 6.45) is 0. The van der Waals surface area contributed by atoms with Crippen molar-refractivity contribution in [3.63, 3.8) is 0 Å². The van der Waals surface area contributed by atoms with Crippen LogP contribution < -0.4 is 11.1 Å². The van der Waals surface area contributed by atoms with Crippen LogP contribution in [0.4, 0.5) is 5.69 Å². The van der Waals surface area contributed by atoms with Gasteiger partial charge < -0.3 is 11.1 Å². The molecule has 0 spiro atoms. The van der Waals surface area contributed by atoms with Gasteiger partial charge in [0, 0.05) is 17.0 Å². The second-order valence-corrected chi connectivity index (χ2v) is 5.70. The van der Waals surface area contributed by atoms with Crippen molar-refractivity contribution in [2.45, 2.75) is 19.4 Å². The molecule has 3 N–H and O–H groups in total. The third-order valence-corrected chi connectivity index (χ3v) is 3.42. The third kappa shape index (κ3) is 5.71. The predicted molar refractivity (Wildman–Crippen MR) is 75.4 cm³/mol. The highest BCUT2D eigenvalue weighted by atomic mass is 32.2. The number of nitrogens with zero attached hydrogens (tertiary/aromatic N) is 1. The van der Waals surface area contributed by atoms with E-state index in [1.54, 1.807) is 24.3 Å². The second kappa shape index (κ2) is 6.43. The summed E-state index contributed by atoms with van der Waals surface area (Å²) in [4.78, 5) is 11.6. The number of benzene rings is 1. The number of nitrogens with one attached hydrogen (secondary N) is 1. The van der Waals surface area contributed by atoms with Gasteiger partial charge in [0.15, 0.2) is 0 Å². The summed E-state index contributed by atoms with van der Waals surface area (Å²) in [6, 6.07) is 8.80. The first-order valence-corrected chi connectivity index (χ1v) is 6.73. The molecule has 0 aliphatic carbocycles. The van der Waals surface area contributed by atoms with Crippen molar-refractivity contribution >= 4 is 23.4 Å². The third-order valence-electron chi connectivity index (χ3n) is 2.00. The Kier molecular flexibility index (Phi) is 5.20. The first-order chi connectivity index (χ1) is 8.40. The van der Waals surface area contributed by atoms with Gasteiger partial charge in [-0.3, -0.25) is 4.79 Å². The molecule has 0 unspecified atom stereocenters. The first kappa shape index (κ1) is 14.6. The lowest BCUT2D eigenvalue weighted by molar-refractivity contribution is -0.113. The zero-order chi connectivity index (χ0) is 13.6. The summed E-state index contributed by atoms with van der Waals surface area (Å²) >= 11 is 1.51. The van der Waals surface area contributed by atoms with E-state index < -0.39 is 0 Å². The molecule has 1 amide bonds. The maximum Gasteiger partial charge on any atom is 0.234 e. The molecular formula is C13H17N3OS. The molecule has 0 aliphatic heterocycles. The van der Waals surface area contributed by atoms with Gasteiger partial charge in [0.2, 0.25) is 5.91 Å². The fraction of sp³-hybridized carbons (Fsp3) is 0.385. The van der Waals surface area contributed by atoms with E-state index in [0.717, 1.165) is 5.75 Å². The van der Waals surface area contributed by atoms with E-state index in [-0.39, 0.29) is 11.4 Å². The number of nitriles is 1. The Morgan fingerprint density at radius 1 is 1.44 bits per heavy atom. The zero-order valence-electron chi connectivity index (χ0n) is 10.6. The van der Waals surface area contributed by atoms with E-state index in [1.807, 2.05) is 19.9 Å². The van der Waals surface area contributed by atoms with E-state index in [1.165, 1.54) is 11.8 Å². The number of hydrogen-bond acceptors (Lipinski definition) is 4. The molecule has 0 aromatic heterocycles. The van der Waals surface area contributed by atoms with Crippen LogP contribution in [0.3, 0.4) is 0 Å². The van der Waals surface area contributed by atoms with Crippen molar-refractivity contribution in [3.05, 3.63) is 29.8 Å². The highest BCUT2D eigenvalue weighted by molar-refractivity contribution is 8.00. The number of nitrogens with two attached hydrogens (primary N) is 1. The van der Waals surface area contributed by atoms with Crippen LogP contribution in [0.25, 0.3) is 0 Å². The lowest BCUT2D eigenvalue weighted by Gasteiger charge is -2.17. The molecule has 0 saturated heterocycles. The largest absolute Gasteiger partial charge is 0.325 e. The lowest BCUT2D eigenvalue weighted by atomic mass is 10.1. The monoisotopic (exact) mass is 263 g/mol. The van der Waals surface area contributed by atoms with Gasteiger partial charge in [0.05, 0.1) is 17.4 Å². The quantitative estimate of drug-likeness (QED) is 0.851. The zero-order valence-corrected chi connectivity index (χ0v) is 11.4. The summed E-state index contributed by atoms with van der Waals surface area (Å²) in [6.45, 7) is 3.86. The molecule has 5 heteroatoms. The van der Waals surface area contributed by atoms with Crippen LogP contribution in [0.5, 0.6) is 0 Å². The number of carbonyl (C=O) groups excluding carboxylic acids is 1. The number of amides is 1. The molecule has 0 saturated carbocycles. The Morgan fingerprint density at radius 3 is 2.56 bits per heavy atom. The lowest BCUT2D eigenvalue weighted by Crippen LogP contribution is -2.35. The van der Waals surface area contributed by atoms with E-state index >= 15 is 0 Å². The maximum absolute atomic E-state index is 11.6. The van der Waals surface area contributed by atoms with Crippen molar-refractivity contribution in [3.8, 4) is 6.07 Å². The topological polar surface area (TPSA) is 78.9 Å². The summed E-state index contributed by atoms with van der Waals surface area (Å²) in [7, 11) is 0. The molecule has 1 aromatic carbocycles. The van der Waals surface area contributed by atoms with Crippen LogP contribution in [-0.4, -0.2) is 23.0 Å². The molecule has 4 nitrogen and oxygen atoms in total. The second-order valence-electron chi connectivity index (χ2n) is 4.72. The van der Waals surface area contributed by atoms with Crippen LogP contribution in [0.2, 0.25) is 0 Å². The number of hydrogen-bond donors (Lipinski definition) is 2. The maximum atomic E-state index is 11.6. The summed E-state index contributed by atoms with van der Waals surface area (Å²) in [5.41, 5.74) is 6.84. The fourth-order valence-corrected chi connectivity index (χ4v) is 2.12. The van der Waals surface area contributed by atoms with Gasteiger partial charge >= 0.3 is 0 Å². The van der Waals surface area contributed by atoms with Crippen LogP contribution in [0.15, 0.2) is 24.3 Å². The SMILES string of the molecule is CC(C)(N)CSCC(=O)Nc1ccc(C#N)cc1. The van der Waals surface area contributed by atoms with Crippen molar-refractivity contribution < 1.29 is 4.79 Å². The smallest absolute Gasteiger partial charge is 0.234 e. The molecule has 0 bridgehead atoms. The fourth-order valence-electron chi connectivity index (χ4n) is 1.23. The van der Waals surface area contributed by atoms with Gasteiger partial charge in [-0.25, -0.2) is 0 Å². The molecule has 0 radical (unpaired) electrons. The van der Waals surface area contributed by atoms with Gasteiger partial charge in [0.25, 0.3) is 0 Å². The van der Waals surface area contributed by atoms with Gasteiger partial charge in [-0.15, -0.1) is 0 Å². The normalized spacial score (nSPS) is 10.8. The number of thioether (sulfide) groups is 1. The van der Waals surface area contributed by atoms with E-state index in [2.05, 4.69) is 5.32 Å². The minimum Gasteiger partial charge on any atom is -0.325 e. The van der Waals surface area contributed by atoms with Crippen LogP contribution in [0.1, 0.15) is 19.4 Å². The highest BCUT2D eigenvalue weighted by Gasteiger charge is 2.11. The molecule has 18 heavy (non-hydrogen) atoms. The van der Waals surface area contributed by atoms with Gasteiger partial charge in [-0.1, -0.05) is 0 Å². The van der Waals surface area contributed by atoms with Crippen LogP contribution in [-0.2, 0) is 4.79 Å². The molecule has 0 aliphatic rings. The summed E-state index contributed by atoms with van der Waals surface area (Å²) in [5, 5.41) is 11.4. The Morgan fingerprint density at radius 2 is 2.06 bits per heavy atom. The minimum absolute atomic E-state index is 0.0612. The van der Waals surface area contributed by atoms with Crippen molar-refractivity contribution in [1.29, 1.82) is 5.26 Å². The van der Waals surface area contributed by atoms with E-state index in [9.17, 15) is 4.79 Å². The molecule has 0 fully saturated rings. The number of anilines is 1. The van der Waals surface area contributed by atoms with Crippen molar-refractivity contribution in [2.75, 3.05) is 16.8 Å². The average molecular weight is 263 g/mol. The van der Waals surface area contributed by atoms with Crippen LogP contribution >= 0.6 is 11.8 Å². The molecule has 1 aromatic rings. The van der Waals surface area contributed by atoms with Gasteiger partial charge in [-0.2, -0.15) is 17.0 Å². The molecule has 96 valence electrons. The Bertz CT molecular complexity index is 443. The Labute approximate surface area is 112 Å². The number of carbonyl (C=O) groups is 1. The van der Waals surface area contributed by atoms with Crippen molar-refractivity contribution in [1.82, 2.24) is 0 Å². The molecule has 1 rings (SSSR count). The summed E-state index contributed by atoms with van der Waals surface area (Å²) in [5.74, 6) is 1.04. The Hall–Kier alpha value is -1.51. The minimum atomic E-state index is -0.264. The van der Waals surface area contributed by atoms with Gasteiger partial charge in [-0.05, 0) is 38.1 Å². The Balaban J connectivity index is 2.38. The highest BCUT2D eigenvalue weighted by Crippen LogP contribution is 2.12. The molecule has 0 atom stereocenters. The standard InChI is InChI=1S/C13H17N3OS/c1-13(2,15)9-18-8-12(17)16-11-5-3-10(7-14)4-6-11/h3-6H,8-9,15H2,1-2H3,(H,16,17). The van der Waals surface area contributed by atoms with Crippen molar-refractivity contribution in [2.24, 2.45) is 5.73 Å². The molecule has 0 heterocycles. The van der Waals surface area contributed by atoms with E-state index in [4.69, 9.17) is 11.0 Å². The summed E-state index contributed by atoms with van der Waals surface area (Å²) < 4.78 is 0. The van der Waals surface area contributed by atoms with E-state index in [0.29, 0.717) is 17.0 Å². The number of rotatable bonds is 5. The predicted octanol–water partition coefficient (Wildman–Crippen LogP) is 1.97. The average Bonchev–Trinajstić information content (AvgIpc) is 2.28.